The predicted molar refractivity (Wildman–Crippen MR) is 68.4 cm³/mol. The Morgan fingerprint density at radius 3 is 2.94 bits per heavy atom. The molecule has 3 rings (SSSR count). The van der Waals surface area contributed by atoms with Crippen LogP contribution in [0.5, 0.6) is 0 Å². The highest BCUT2D eigenvalue weighted by atomic mass is 79.9. The highest BCUT2D eigenvalue weighted by Gasteiger charge is 2.37. The van der Waals surface area contributed by atoms with Gasteiger partial charge in [0, 0.05) is 10.9 Å². The first-order chi connectivity index (χ1) is 7.68. The van der Waals surface area contributed by atoms with Crippen LogP contribution in [0, 0.1) is 0 Å². The van der Waals surface area contributed by atoms with E-state index in [0.29, 0.717) is 0 Å². The van der Waals surface area contributed by atoms with Gasteiger partial charge in [-0.15, -0.1) is 0 Å². The van der Waals surface area contributed by atoms with E-state index in [2.05, 4.69) is 34.1 Å². The van der Waals surface area contributed by atoms with Gasteiger partial charge in [-0.25, -0.2) is 0 Å². The third-order valence-electron chi connectivity index (χ3n) is 3.42. The smallest absolute Gasteiger partial charge is 0.138 e. The van der Waals surface area contributed by atoms with Crippen LogP contribution in [0.2, 0.25) is 0 Å². The van der Waals surface area contributed by atoms with E-state index >= 15 is 0 Å². The lowest BCUT2D eigenvalue weighted by Gasteiger charge is -2.08. The lowest BCUT2D eigenvalue weighted by molar-refractivity contribution is 0.588. The quantitative estimate of drug-likeness (QED) is 0.932. The topological polar surface area (TPSA) is 39.2 Å². The molecule has 2 N–H and O–H groups in total. The van der Waals surface area contributed by atoms with Crippen LogP contribution in [0.15, 0.2) is 33.4 Å². The Hall–Kier alpha value is -0.800. The van der Waals surface area contributed by atoms with Crippen LogP contribution in [0.3, 0.4) is 0 Å². The van der Waals surface area contributed by atoms with Gasteiger partial charge in [0.1, 0.15) is 11.8 Å². The van der Waals surface area contributed by atoms with E-state index in [1.807, 2.05) is 0 Å². The Morgan fingerprint density at radius 2 is 2.19 bits per heavy atom. The van der Waals surface area contributed by atoms with Crippen molar-refractivity contribution in [1.29, 1.82) is 0 Å². The first-order valence-corrected chi connectivity index (χ1v) is 6.41. The van der Waals surface area contributed by atoms with E-state index in [1.165, 1.54) is 18.4 Å². The number of furan rings is 1. The van der Waals surface area contributed by atoms with E-state index in [4.69, 9.17) is 10.2 Å². The second kappa shape index (κ2) is 3.60. The summed E-state index contributed by atoms with van der Waals surface area (Å²) in [5, 5.41) is 1.15. The first-order valence-electron chi connectivity index (χ1n) is 5.61. The Kier molecular flexibility index (Phi) is 2.33. The monoisotopic (exact) mass is 279 g/mol. The fourth-order valence-corrected chi connectivity index (χ4v) is 2.48. The summed E-state index contributed by atoms with van der Waals surface area (Å²) in [6.45, 7) is 0. The molecule has 84 valence electrons. The molecule has 2 aromatic rings. The molecule has 0 amide bonds. The minimum Gasteiger partial charge on any atom is -0.463 e. The summed E-state index contributed by atoms with van der Waals surface area (Å²) in [4.78, 5) is 0. The number of fused-ring (bicyclic) bond motifs is 1. The van der Waals surface area contributed by atoms with Crippen molar-refractivity contribution in [3.05, 3.63) is 34.5 Å². The molecule has 1 aliphatic carbocycles. The van der Waals surface area contributed by atoms with E-state index in [1.54, 1.807) is 6.26 Å². The molecule has 0 aliphatic heterocycles. The number of hydrogen-bond donors (Lipinski definition) is 1. The molecule has 0 bridgehead atoms. The lowest BCUT2D eigenvalue weighted by atomic mass is 10.0. The number of para-hydroxylation sites is 1. The number of nitrogens with two attached hydrogens (primary N) is 1. The van der Waals surface area contributed by atoms with Gasteiger partial charge in [-0.05, 0) is 53.2 Å². The van der Waals surface area contributed by atoms with Gasteiger partial charge in [0.2, 0.25) is 0 Å². The second-order valence-electron chi connectivity index (χ2n) is 4.74. The zero-order valence-electron chi connectivity index (χ0n) is 9.00. The molecule has 0 spiro atoms. The number of hydrogen-bond acceptors (Lipinski definition) is 2. The van der Waals surface area contributed by atoms with E-state index in [-0.39, 0.29) is 5.54 Å². The molecule has 1 fully saturated rings. The van der Waals surface area contributed by atoms with Crippen LogP contribution < -0.4 is 5.73 Å². The molecule has 3 heteroatoms. The molecule has 1 aliphatic rings. The predicted octanol–water partition coefficient (Wildman–Crippen LogP) is 3.62. The Bertz CT molecular complexity index is 528. The average Bonchev–Trinajstić information content (AvgIpc) is 2.90. The van der Waals surface area contributed by atoms with Crippen molar-refractivity contribution in [2.45, 2.75) is 31.2 Å². The minimum atomic E-state index is 0.117. The van der Waals surface area contributed by atoms with E-state index < -0.39 is 0 Å². The zero-order chi connectivity index (χ0) is 11.2. The third-order valence-corrected chi connectivity index (χ3v) is 4.03. The first kappa shape index (κ1) is 10.4. The Balaban J connectivity index is 1.90. The summed E-state index contributed by atoms with van der Waals surface area (Å²) in [5.41, 5.74) is 8.48. The molecule has 0 radical (unpaired) electrons. The molecule has 0 unspecified atom stereocenters. The molecule has 1 saturated carbocycles. The van der Waals surface area contributed by atoms with Crippen molar-refractivity contribution >= 4 is 26.9 Å². The fraction of sp³-hybridized carbons (Fsp3) is 0.385. The van der Waals surface area contributed by atoms with Gasteiger partial charge in [-0.1, -0.05) is 12.1 Å². The summed E-state index contributed by atoms with van der Waals surface area (Å²) in [7, 11) is 0. The highest BCUT2D eigenvalue weighted by molar-refractivity contribution is 9.10. The fourth-order valence-electron chi connectivity index (χ4n) is 2.08. The van der Waals surface area contributed by atoms with Crippen molar-refractivity contribution in [2.75, 3.05) is 0 Å². The standard InChI is InChI=1S/C13H14BrNO/c14-11-8-16-12-9(2-1-3-10(11)12)4-5-13(15)6-7-13/h1-3,8H,4-7,15H2. The van der Waals surface area contributed by atoms with Crippen LogP contribution in [0.4, 0.5) is 0 Å². The maximum atomic E-state index is 6.10. The van der Waals surface area contributed by atoms with Gasteiger partial charge in [0.05, 0.1) is 4.47 Å². The molecular formula is C13H14BrNO. The summed E-state index contributed by atoms with van der Waals surface area (Å²) in [6.07, 6.45) is 6.16. The Morgan fingerprint density at radius 1 is 1.38 bits per heavy atom. The van der Waals surface area contributed by atoms with Gasteiger partial charge in [-0.2, -0.15) is 0 Å². The van der Waals surface area contributed by atoms with Crippen molar-refractivity contribution in [3.63, 3.8) is 0 Å². The van der Waals surface area contributed by atoms with Crippen LogP contribution in [-0.2, 0) is 6.42 Å². The minimum absolute atomic E-state index is 0.117. The molecule has 0 saturated heterocycles. The molecule has 2 nitrogen and oxygen atoms in total. The van der Waals surface area contributed by atoms with Crippen molar-refractivity contribution < 1.29 is 4.42 Å². The van der Waals surface area contributed by atoms with Crippen LogP contribution in [0.1, 0.15) is 24.8 Å². The number of halogens is 1. The normalized spacial score (nSPS) is 17.9. The van der Waals surface area contributed by atoms with Crippen LogP contribution in [-0.4, -0.2) is 5.54 Å². The number of aryl methyl sites for hydroxylation is 1. The van der Waals surface area contributed by atoms with Crippen LogP contribution >= 0.6 is 15.9 Å². The molecule has 1 heterocycles. The van der Waals surface area contributed by atoms with Crippen molar-refractivity contribution in [2.24, 2.45) is 5.73 Å². The average molecular weight is 280 g/mol. The van der Waals surface area contributed by atoms with Crippen molar-refractivity contribution in [3.8, 4) is 0 Å². The summed E-state index contributed by atoms with van der Waals surface area (Å²) in [5.74, 6) is 0. The maximum absolute atomic E-state index is 6.10. The number of benzene rings is 1. The van der Waals surface area contributed by atoms with Gasteiger partial charge >= 0.3 is 0 Å². The van der Waals surface area contributed by atoms with E-state index in [0.717, 1.165) is 28.3 Å². The second-order valence-corrected chi connectivity index (χ2v) is 5.59. The molecule has 16 heavy (non-hydrogen) atoms. The third kappa shape index (κ3) is 1.78. The molecular weight excluding hydrogens is 266 g/mol. The Labute approximate surface area is 103 Å². The molecule has 0 atom stereocenters. The largest absolute Gasteiger partial charge is 0.463 e. The summed E-state index contributed by atoms with van der Waals surface area (Å²) >= 11 is 3.49. The van der Waals surface area contributed by atoms with E-state index in [9.17, 15) is 0 Å². The maximum Gasteiger partial charge on any atom is 0.138 e. The molecule has 1 aromatic carbocycles. The summed E-state index contributed by atoms with van der Waals surface area (Å²) < 4.78 is 6.60. The SMILES string of the molecule is NC1(CCc2cccc3c(Br)coc23)CC1. The van der Waals surface area contributed by atoms with Crippen LogP contribution in [0.25, 0.3) is 11.0 Å². The highest BCUT2D eigenvalue weighted by Crippen LogP contribution is 2.37. The van der Waals surface area contributed by atoms with Gasteiger partial charge in [0.25, 0.3) is 0 Å². The van der Waals surface area contributed by atoms with Gasteiger partial charge in [0.15, 0.2) is 0 Å². The zero-order valence-corrected chi connectivity index (χ0v) is 10.6. The lowest BCUT2D eigenvalue weighted by Crippen LogP contribution is -2.22. The van der Waals surface area contributed by atoms with Gasteiger partial charge < -0.3 is 10.2 Å². The number of rotatable bonds is 3. The van der Waals surface area contributed by atoms with Gasteiger partial charge in [-0.3, -0.25) is 0 Å². The summed E-state index contributed by atoms with van der Waals surface area (Å²) in [6, 6.07) is 6.28. The molecule has 1 aromatic heterocycles. The van der Waals surface area contributed by atoms with Crippen molar-refractivity contribution in [1.82, 2.24) is 0 Å².